The van der Waals surface area contributed by atoms with Crippen molar-refractivity contribution in [1.29, 1.82) is 0 Å². The summed E-state index contributed by atoms with van der Waals surface area (Å²) in [5, 5.41) is 2.77. The van der Waals surface area contributed by atoms with Crippen LogP contribution in [0.25, 0.3) is 0 Å². The molecule has 1 amide bonds. The van der Waals surface area contributed by atoms with Gasteiger partial charge in [-0.3, -0.25) is 4.79 Å². The summed E-state index contributed by atoms with van der Waals surface area (Å²) >= 11 is 0. The smallest absolute Gasteiger partial charge is 0.255 e. The fourth-order valence-corrected chi connectivity index (χ4v) is 1.39. The minimum absolute atomic E-state index is 0. The number of nitrogens with one attached hydrogen (secondary N) is 1. The average molecular weight is 275 g/mol. The predicted octanol–water partition coefficient (Wildman–Crippen LogP) is 1.20. The maximum Gasteiger partial charge on any atom is 0.255 e. The zero-order valence-corrected chi connectivity index (χ0v) is 11.4. The number of amides is 1. The largest absolute Gasteiger partial charge is 0.497 e. The molecular formula is C12H19ClN2O3. The van der Waals surface area contributed by atoms with Crippen LogP contribution in [0.1, 0.15) is 16.8 Å². The van der Waals surface area contributed by atoms with Crippen molar-refractivity contribution in [3.63, 3.8) is 0 Å². The van der Waals surface area contributed by atoms with Crippen LogP contribution in [0, 0.1) is 0 Å². The van der Waals surface area contributed by atoms with Gasteiger partial charge in [0.05, 0.1) is 19.8 Å². The number of hydrogen-bond donors (Lipinski definition) is 2. The lowest BCUT2D eigenvalue weighted by Gasteiger charge is -2.10. The third-order valence-electron chi connectivity index (χ3n) is 2.32. The summed E-state index contributed by atoms with van der Waals surface area (Å²) < 4.78 is 10.2. The molecule has 1 aromatic rings. The summed E-state index contributed by atoms with van der Waals surface area (Å²) in [5.74, 6) is 0.980. The molecule has 1 aromatic carbocycles. The van der Waals surface area contributed by atoms with Crippen molar-refractivity contribution in [3.8, 4) is 11.5 Å². The fourth-order valence-electron chi connectivity index (χ4n) is 1.39. The van der Waals surface area contributed by atoms with E-state index in [1.54, 1.807) is 25.3 Å². The van der Waals surface area contributed by atoms with Crippen molar-refractivity contribution in [2.24, 2.45) is 5.73 Å². The second-order valence-electron chi connectivity index (χ2n) is 3.46. The number of halogens is 1. The molecule has 0 aromatic heterocycles. The number of ether oxygens (including phenoxy) is 2. The monoisotopic (exact) mass is 274 g/mol. The number of methoxy groups -OCH3 is 2. The van der Waals surface area contributed by atoms with Crippen LogP contribution in [0.4, 0.5) is 0 Å². The van der Waals surface area contributed by atoms with Gasteiger partial charge >= 0.3 is 0 Å². The first kappa shape index (κ1) is 16.5. The molecule has 0 aliphatic carbocycles. The molecule has 0 atom stereocenters. The minimum atomic E-state index is -0.169. The first-order valence-corrected chi connectivity index (χ1v) is 5.43. The minimum Gasteiger partial charge on any atom is -0.497 e. The highest BCUT2D eigenvalue weighted by atomic mass is 35.5. The zero-order valence-electron chi connectivity index (χ0n) is 10.6. The van der Waals surface area contributed by atoms with Gasteiger partial charge in [-0.1, -0.05) is 0 Å². The Morgan fingerprint density at radius 2 is 2.06 bits per heavy atom. The summed E-state index contributed by atoms with van der Waals surface area (Å²) in [7, 11) is 3.08. The van der Waals surface area contributed by atoms with Crippen molar-refractivity contribution in [1.82, 2.24) is 5.32 Å². The van der Waals surface area contributed by atoms with Crippen LogP contribution >= 0.6 is 12.4 Å². The second kappa shape index (κ2) is 8.60. The van der Waals surface area contributed by atoms with Gasteiger partial charge in [-0.25, -0.2) is 0 Å². The molecule has 1 rings (SSSR count). The summed E-state index contributed by atoms with van der Waals surface area (Å²) in [4.78, 5) is 11.8. The Kier molecular flexibility index (Phi) is 7.91. The highest BCUT2D eigenvalue weighted by molar-refractivity contribution is 5.97. The van der Waals surface area contributed by atoms with Crippen LogP contribution in [-0.2, 0) is 0 Å². The van der Waals surface area contributed by atoms with Gasteiger partial charge in [0.25, 0.3) is 5.91 Å². The second-order valence-corrected chi connectivity index (χ2v) is 3.46. The Morgan fingerprint density at radius 1 is 1.33 bits per heavy atom. The van der Waals surface area contributed by atoms with Crippen LogP contribution < -0.4 is 20.5 Å². The molecule has 0 radical (unpaired) electrons. The first-order valence-electron chi connectivity index (χ1n) is 5.43. The molecule has 0 unspecified atom stereocenters. The number of benzene rings is 1. The van der Waals surface area contributed by atoms with E-state index in [-0.39, 0.29) is 18.3 Å². The van der Waals surface area contributed by atoms with Crippen molar-refractivity contribution < 1.29 is 14.3 Å². The molecule has 0 aliphatic heterocycles. The molecule has 18 heavy (non-hydrogen) atoms. The number of carbonyl (C=O) groups excluding carboxylic acids is 1. The number of hydrogen-bond acceptors (Lipinski definition) is 4. The van der Waals surface area contributed by atoms with Crippen LogP contribution in [0.3, 0.4) is 0 Å². The molecule has 102 valence electrons. The van der Waals surface area contributed by atoms with E-state index in [1.165, 1.54) is 7.11 Å². The molecule has 0 spiro atoms. The molecular weight excluding hydrogens is 256 g/mol. The third kappa shape index (κ3) is 4.43. The van der Waals surface area contributed by atoms with E-state index in [0.717, 1.165) is 6.42 Å². The molecule has 5 nitrogen and oxygen atoms in total. The van der Waals surface area contributed by atoms with E-state index >= 15 is 0 Å². The molecule has 0 bridgehead atoms. The topological polar surface area (TPSA) is 73.6 Å². The number of carbonyl (C=O) groups is 1. The quantitative estimate of drug-likeness (QED) is 0.765. The summed E-state index contributed by atoms with van der Waals surface area (Å²) in [5.41, 5.74) is 5.85. The Bertz CT molecular complexity index is 386. The predicted molar refractivity (Wildman–Crippen MR) is 72.8 cm³/mol. The van der Waals surface area contributed by atoms with Crippen LogP contribution in [0.2, 0.25) is 0 Å². The van der Waals surface area contributed by atoms with Crippen molar-refractivity contribution in [2.75, 3.05) is 27.3 Å². The van der Waals surface area contributed by atoms with Gasteiger partial charge < -0.3 is 20.5 Å². The molecule has 0 heterocycles. The van der Waals surface area contributed by atoms with Crippen molar-refractivity contribution in [3.05, 3.63) is 23.8 Å². The van der Waals surface area contributed by atoms with E-state index in [4.69, 9.17) is 15.2 Å². The Labute approximate surface area is 113 Å². The molecule has 3 N–H and O–H groups in total. The van der Waals surface area contributed by atoms with Gasteiger partial charge in [-0.05, 0) is 25.1 Å². The van der Waals surface area contributed by atoms with Crippen molar-refractivity contribution >= 4 is 18.3 Å². The maximum absolute atomic E-state index is 11.8. The van der Waals surface area contributed by atoms with E-state index in [9.17, 15) is 4.79 Å². The number of rotatable bonds is 6. The first-order chi connectivity index (χ1) is 8.22. The van der Waals surface area contributed by atoms with Crippen LogP contribution in [0.5, 0.6) is 11.5 Å². The Balaban J connectivity index is 0.00000289. The SMILES string of the molecule is COc1ccc(C(=O)NCCCN)c(OC)c1.Cl. The highest BCUT2D eigenvalue weighted by Gasteiger charge is 2.12. The maximum atomic E-state index is 11.8. The summed E-state index contributed by atoms with van der Waals surface area (Å²) in [6, 6.07) is 5.08. The van der Waals surface area contributed by atoms with Gasteiger partial charge in [0, 0.05) is 12.6 Å². The molecule has 0 saturated heterocycles. The molecule has 6 heteroatoms. The van der Waals surface area contributed by atoms with Gasteiger partial charge in [0.2, 0.25) is 0 Å². The summed E-state index contributed by atoms with van der Waals surface area (Å²) in [6.07, 6.45) is 0.754. The van der Waals surface area contributed by atoms with E-state index in [2.05, 4.69) is 5.32 Å². The van der Waals surface area contributed by atoms with Gasteiger partial charge in [0.15, 0.2) is 0 Å². The lowest BCUT2D eigenvalue weighted by atomic mass is 10.1. The lowest BCUT2D eigenvalue weighted by molar-refractivity contribution is 0.0950. The van der Waals surface area contributed by atoms with Crippen LogP contribution in [-0.4, -0.2) is 33.2 Å². The normalized spacial score (nSPS) is 9.28. The van der Waals surface area contributed by atoms with E-state index < -0.39 is 0 Å². The molecule has 0 saturated carbocycles. The van der Waals surface area contributed by atoms with Crippen LogP contribution in [0.15, 0.2) is 18.2 Å². The van der Waals surface area contributed by atoms with E-state index in [1.807, 2.05) is 0 Å². The highest BCUT2D eigenvalue weighted by Crippen LogP contribution is 2.24. The molecule has 0 fully saturated rings. The standard InChI is InChI=1S/C12H18N2O3.ClH/c1-16-9-4-5-10(11(8-9)17-2)12(15)14-7-3-6-13;/h4-5,8H,3,6-7,13H2,1-2H3,(H,14,15);1H. The van der Waals surface area contributed by atoms with Gasteiger partial charge in [-0.15, -0.1) is 12.4 Å². The average Bonchev–Trinajstić information content (AvgIpc) is 2.38. The van der Waals surface area contributed by atoms with Gasteiger partial charge in [0.1, 0.15) is 11.5 Å². The Hall–Kier alpha value is -1.46. The zero-order chi connectivity index (χ0) is 12.7. The summed E-state index contributed by atoms with van der Waals surface area (Å²) in [6.45, 7) is 1.12. The molecule has 0 aliphatic rings. The third-order valence-corrected chi connectivity index (χ3v) is 2.32. The number of nitrogens with two attached hydrogens (primary N) is 1. The van der Waals surface area contributed by atoms with Crippen molar-refractivity contribution in [2.45, 2.75) is 6.42 Å². The lowest BCUT2D eigenvalue weighted by Crippen LogP contribution is -2.26. The van der Waals surface area contributed by atoms with Gasteiger partial charge in [-0.2, -0.15) is 0 Å². The Morgan fingerprint density at radius 3 is 2.61 bits per heavy atom. The van der Waals surface area contributed by atoms with E-state index in [0.29, 0.717) is 30.2 Å². The fraction of sp³-hybridized carbons (Fsp3) is 0.417.